The molecule has 166 valence electrons. The molecule has 3 aromatic rings. The van der Waals surface area contributed by atoms with Crippen LogP contribution in [0.4, 0.5) is 16.1 Å². The molecule has 0 bridgehead atoms. The maximum atomic E-state index is 12.9. The molecular weight excluding hydrogens is 419 g/mol. The molecular formula is C22H21FN4O5. The van der Waals surface area contributed by atoms with Gasteiger partial charge in [0.15, 0.2) is 6.61 Å². The van der Waals surface area contributed by atoms with E-state index in [0.29, 0.717) is 18.9 Å². The second-order valence-electron chi connectivity index (χ2n) is 7.07. The van der Waals surface area contributed by atoms with Gasteiger partial charge in [0.1, 0.15) is 17.3 Å². The largest absolute Gasteiger partial charge is 0.494 e. The van der Waals surface area contributed by atoms with Crippen molar-refractivity contribution in [3.05, 3.63) is 60.2 Å². The Morgan fingerprint density at radius 2 is 1.81 bits per heavy atom. The zero-order chi connectivity index (χ0) is 22.5. The monoisotopic (exact) mass is 440 g/mol. The summed E-state index contributed by atoms with van der Waals surface area (Å²) < 4.78 is 29.1. The Labute approximate surface area is 183 Å². The highest BCUT2D eigenvalue weighted by Crippen LogP contribution is 2.32. The highest BCUT2D eigenvalue weighted by Gasteiger charge is 2.35. The van der Waals surface area contributed by atoms with Gasteiger partial charge in [0.25, 0.3) is 5.91 Å². The first-order valence-corrected chi connectivity index (χ1v) is 10.1. The van der Waals surface area contributed by atoms with E-state index in [0.717, 1.165) is 11.4 Å². The highest BCUT2D eigenvalue weighted by atomic mass is 19.1. The molecule has 0 unspecified atom stereocenters. The van der Waals surface area contributed by atoms with Crippen molar-refractivity contribution in [2.24, 2.45) is 0 Å². The lowest BCUT2D eigenvalue weighted by Crippen LogP contribution is -2.24. The van der Waals surface area contributed by atoms with Gasteiger partial charge in [-0.05, 0) is 55.5 Å². The van der Waals surface area contributed by atoms with Crippen LogP contribution in [0.2, 0.25) is 0 Å². The van der Waals surface area contributed by atoms with Gasteiger partial charge in [0, 0.05) is 18.7 Å². The number of aromatic nitrogens is 2. The number of ether oxygens (including phenoxy) is 2. The molecule has 32 heavy (non-hydrogen) atoms. The van der Waals surface area contributed by atoms with E-state index in [9.17, 15) is 14.0 Å². The minimum absolute atomic E-state index is 0.0596. The van der Waals surface area contributed by atoms with Crippen LogP contribution in [0.5, 0.6) is 11.5 Å². The molecule has 2 aromatic carbocycles. The molecule has 1 saturated heterocycles. The highest BCUT2D eigenvalue weighted by molar-refractivity contribution is 5.96. The summed E-state index contributed by atoms with van der Waals surface area (Å²) >= 11 is 0. The van der Waals surface area contributed by atoms with E-state index in [-0.39, 0.29) is 36.8 Å². The summed E-state index contributed by atoms with van der Waals surface area (Å²) in [6.07, 6.45) is 0.219. The molecule has 1 aromatic heterocycles. The van der Waals surface area contributed by atoms with Crippen LogP contribution in [0.25, 0.3) is 0 Å². The van der Waals surface area contributed by atoms with Gasteiger partial charge in [-0.2, -0.15) is 0 Å². The fourth-order valence-corrected chi connectivity index (χ4v) is 3.30. The summed E-state index contributed by atoms with van der Waals surface area (Å²) in [5.41, 5.74) is 0.756. The lowest BCUT2D eigenvalue weighted by atomic mass is 10.1. The molecule has 9 nitrogen and oxygen atoms in total. The van der Waals surface area contributed by atoms with Crippen LogP contribution in [-0.4, -0.2) is 41.8 Å². The second-order valence-corrected chi connectivity index (χ2v) is 7.07. The second kappa shape index (κ2) is 9.46. The van der Waals surface area contributed by atoms with E-state index in [2.05, 4.69) is 15.5 Å². The van der Waals surface area contributed by atoms with E-state index >= 15 is 0 Å². The number of anilines is 2. The van der Waals surface area contributed by atoms with E-state index < -0.39 is 11.7 Å². The van der Waals surface area contributed by atoms with Gasteiger partial charge in [0.05, 0.1) is 12.5 Å². The molecule has 2 amide bonds. The maximum Gasteiger partial charge on any atom is 0.322 e. The standard InChI is InChI=1S/C22H21FN4O5/c1-2-30-17-9-5-16(6-10-17)27-12-14(11-20(27)29)21-25-26-22(32-21)24-19(28)13-31-18-7-3-15(23)4-8-18/h3-10,14H,2,11-13H2,1H3,(H,24,26,28)/t14-/m1/s1. The maximum absolute atomic E-state index is 12.9. The van der Waals surface area contributed by atoms with Crippen LogP contribution in [0.15, 0.2) is 52.9 Å². The summed E-state index contributed by atoms with van der Waals surface area (Å²) in [7, 11) is 0. The fraction of sp³-hybridized carbons (Fsp3) is 0.273. The Balaban J connectivity index is 1.32. The van der Waals surface area contributed by atoms with Crippen molar-refractivity contribution in [2.45, 2.75) is 19.3 Å². The number of hydrogen-bond acceptors (Lipinski definition) is 7. The van der Waals surface area contributed by atoms with Gasteiger partial charge in [-0.25, -0.2) is 4.39 Å². The van der Waals surface area contributed by atoms with E-state index in [1.807, 2.05) is 31.2 Å². The number of carbonyl (C=O) groups excluding carboxylic acids is 2. The third-order valence-electron chi connectivity index (χ3n) is 4.80. The molecule has 0 spiro atoms. The van der Waals surface area contributed by atoms with E-state index in [1.165, 1.54) is 24.3 Å². The topological polar surface area (TPSA) is 107 Å². The smallest absolute Gasteiger partial charge is 0.322 e. The van der Waals surface area contributed by atoms with Crippen LogP contribution < -0.4 is 19.7 Å². The normalized spacial score (nSPS) is 15.6. The number of nitrogens with one attached hydrogen (secondary N) is 1. The summed E-state index contributed by atoms with van der Waals surface area (Å²) in [6.45, 7) is 2.55. The first-order valence-electron chi connectivity index (χ1n) is 10.1. The Bertz CT molecular complexity index is 1080. The molecule has 1 fully saturated rings. The first-order chi connectivity index (χ1) is 15.5. The summed E-state index contributed by atoms with van der Waals surface area (Å²) in [4.78, 5) is 26.2. The first kappa shape index (κ1) is 21.3. The summed E-state index contributed by atoms with van der Waals surface area (Å²) in [5, 5.41) is 10.2. The molecule has 0 aliphatic carbocycles. The number of carbonyl (C=O) groups is 2. The zero-order valence-electron chi connectivity index (χ0n) is 17.3. The number of hydrogen-bond donors (Lipinski definition) is 1. The van der Waals surface area contributed by atoms with E-state index in [1.54, 1.807) is 4.90 Å². The van der Waals surface area contributed by atoms with Gasteiger partial charge in [0.2, 0.25) is 11.8 Å². The quantitative estimate of drug-likeness (QED) is 0.573. The summed E-state index contributed by atoms with van der Waals surface area (Å²) in [5.74, 6) is 0.0985. The number of benzene rings is 2. The fourth-order valence-electron chi connectivity index (χ4n) is 3.30. The third kappa shape index (κ3) is 5.02. The van der Waals surface area contributed by atoms with Crippen molar-refractivity contribution in [1.29, 1.82) is 0 Å². The van der Waals surface area contributed by atoms with Gasteiger partial charge >= 0.3 is 6.01 Å². The number of amides is 2. The van der Waals surface area contributed by atoms with E-state index in [4.69, 9.17) is 13.9 Å². The Hall–Kier alpha value is -3.95. The van der Waals surface area contributed by atoms with Crippen molar-refractivity contribution in [1.82, 2.24) is 10.2 Å². The molecule has 1 atom stereocenters. The van der Waals surface area contributed by atoms with Crippen molar-refractivity contribution in [2.75, 3.05) is 30.0 Å². The van der Waals surface area contributed by atoms with Crippen molar-refractivity contribution in [3.63, 3.8) is 0 Å². The van der Waals surface area contributed by atoms with Crippen molar-refractivity contribution < 1.29 is 27.9 Å². The molecule has 0 radical (unpaired) electrons. The minimum atomic E-state index is -0.511. The Kier molecular flexibility index (Phi) is 6.29. The van der Waals surface area contributed by atoms with Crippen LogP contribution in [-0.2, 0) is 9.59 Å². The predicted octanol–water partition coefficient (Wildman–Crippen LogP) is 3.15. The van der Waals surface area contributed by atoms with Crippen LogP contribution in [0.3, 0.4) is 0 Å². The van der Waals surface area contributed by atoms with Gasteiger partial charge < -0.3 is 18.8 Å². The zero-order valence-corrected chi connectivity index (χ0v) is 17.3. The molecule has 0 saturated carbocycles. The van der Waals surface area contributed by atoms with Crippen molar-refractivity contribution >= 4 is 23.5 Å². The van der Waals surface area contributed by atoms with Crippen LogP contribution in [0.1, 0.15) is 25.2 Å². The Morgan fingerprint density at radius 1 is 1.12 bits per heavy atom. The van der Waals surface area contributed by atoms with Crippen LogP contribution in [0, 0.1) is 5.82 Å². The summed E-state index contributed by atoms with van der Waals surface area (Å²) in [6, 6.07) is 12.5. The average molecular weight is 440 g/mol. The molecule has 4 rings (SSSR count). The number of nitrogens with zero attached hydrogens (tertiary/aromatic N) is 3. The van der Waals surface area contributed by atoms with Crippen molar-refractivity contribution in [3.8, 4) is 11.5 Å². The third-order valence-corrected chi connectivity index (χ3v) is 4.80. The molecule has 1 N–H and O–H groups in total. The number of halogens is 1. The Morgan fingerprint density at radius 3 is 2.53 bits per heavy atom. The predicted molar refractivity (Wildman–Crippen MR) is 112 cm³/mol. The van der Waals surface area contributed by atoms with Crippen LogP contribution >= 0.6 is 0 Å². The minimum Gasteiger partial charge on any atom is -0.494 e. The average Bonchev–Trinajstić information content (AvgIpc) is 3.41. The number of rotatable bonds is 8. The molecule has 10 heteroatoms. The SMILES string of the molecule is CCOc1ccc(N2C[C@H](c3nnc(NC(=O)COc4ccc(F)cc4)o3)CC2=O)cc1. The van der Waals surface area contributed by atoms with Gasteiger partial charge in [-0.1, -0.05) is 5.10 Å². The van der Waals surface area contributed by atoms with Gasteiger partial charge in [-0.15, -0.1) is 5.10 Å². The molecule has 1 aliphatic rings. The lowest BCUT2D eigenvalue weighted by molar-refractivity contribution is -0.118. The van der Waals surface area contributed by atoms with Gasteiger partial charge in [-0.3, -0.25) is 14.9 Å². The lowest BCUT2D eigenvalue weighted by Gasteiger charge is -2.16. The molecule has 1 aliphatic heterocycles. The molecule has 2 heterocycles.